The number of aromatic amines is 1. The first-order valence-electron chi connectivity index (χ1n) is 11.2. The van der Waals surface area contributed by atoms with Gasteiger partial charge >= 0.3 is 0 Å². The van der Waals surface area contributed by atoms with E-state index in [9.17, 15) is 13.6 Å². The fraction of sp³-hybridized carbons (Fsp3) is 0.417. The van der Waals surface area contributed by atoms with Gasteiger partial charge in [0.15, 0.2) is 0 Å². The maximum Gasteiger partial charge on any atom is 0.256 e. The molecule has 4 aromatic rings. The molecule has 0 bridgehead atoms. The van der Waals surface area contributed by atoms with E-state index in [1.165, 1.54) is 0 Å². The van der Waals surface area contributed by atoms with Gasteiger partial charge in [0.25, 0.3) is 6.43 Å². The molecule has 0 unspecified atom stereocenters. The first-order valence-corrected chi connectivity index (χ1v) is 11.2. The monoisotopic (exact) mass is 467 g/mol. The summed E-state index contributed by atoms with van der Waals surface area (Å²) in [7, 11) is 3.56. The third-order valence-electron chi connectivity index (χ3n) is 6.65. The number of amides is 1. The van der Waals surface area contributed by atoms with Crippen LogP contribution in [-0.4, -0.2) is 61.9 Å². The highest BCUT2D eigenvalue weighted by atomic mass is 19.3. The summed E-state index contributed by atoms with van der Waals surface area (Å²) in [5.41, 5.74) is 3.44. The van der Waals surface area contributed by atoms with Crippen LogP contribution >= 0.6 is 0 Å². The minimum atomic E-state index is -2.46. The normalized spacial score (nSPS) is 20.1. The van der Waals surface area contributed by atoms with E-state index < -0.39 is 13.0 Å². The summed E-state index contributed by atoms with van der Waals surface area (Å²) in [5.74, 6) is 1.20. The zero-order valence-electron chi connectivity index (χ0n) is 19.6. The molecule has 34 heavy (non-hydrogen) atoms. The Morgan fingerprint density at radius 2 is 2.09 bits per heavy atom. The van der Waals surface area contributed by atoms with Crippen molar-refractivity contribution in [1.82, 2.24) is 29.4 Å². The molecular formula is C24H27F2N7O. The highest BCUT2D eigenvalue weighted by Crippen LogP contribution is 2.43. The van der Waals surface area contributed by atoms with Crippen LogP contribution in [0, 0.1) is 12.3 Å². The molecule has 0 aliphatic heterocycles. The van der Waals surface area contributed by atoms with Crippen molar-refractivity contribution >= 4 is 33.9 Å². The van der Waals surface area contributed by atoms with E-state index in [1.807, 2.05) is 31.3 Å². The second kappa shape index (κ2) is 8.03. The second-order valence-corrected chi connectivity index (χ2v) is 9.53. The number of hydrogen-bond donors (Lipinski definition) is 2. The fourth-order valence-corrected chi connectivity index (χ4v) is 5.02. The van der Waals surface area contributed by atoms with Gasteiger partial charge in [-0.2, -0.15) is 4.98 Å². The third kappa shape index (κ3) is 3.76. The Balaban J connectivity index is 1.38. The molecule has 5 rings (SSSR count). The van der Waals surface area contributed by atoms with Crippen molar-refractivity contribution in [3.8, 4) is 11.1 Å². The van der Waals surface area contributed by atoms with Crippen LogP contribution in [0.15, 0.2) is 30.6 Å². The zero-order valence-corrected chi connectivity index (χ0v) is 19.6. The lowest BCUT2D eigenvalue weighted by Gasteiger charge is -2.45. The highest BCUT2D eigenvalue weighted by molar-refractivity contribution is 5.95. The van der Waals surface area contributed by atoms with Crippen LogP contribution in [0.3, 0.4) is 0 Å². The number of aromatic nitrogens is 5. The molecule has 0 saturated heterocycles. The number of nitrogens with zero attached hydrogens (tertiary/aromatic N) is 5. The topological polar surface area (TPSA) is 91.7 Å². The van der Waals surface area contributed by atoms with Crippen molar-refractivity contribution in [3.05, 3.63) is 36.4 Å². The molecule has 1 aliphatic rings. The van der Waals surface area contributed by atoms with Crippen molar-refractivity contribution < 1.29 is 13.6 Å². The smallest absolute Gasteiger partial charge is 0.256 e. The van der Waals surface area contributed by atoms with E-state index in [2.05, 4.69) is 25.3 Å². The molecule has 178 valence electrons. The average Bonchev–Trinajstić information content (AvgIpc) is 3.31. The number of alkyl halides is 2. The third-order valence-corrected chi connectivity index (χ3v) is 6.65. The number of benzene rings is 1. The summed E-state index contributed by atoms with van der Waals surface area (Å²) in [6, 6.07) is 5.79. The van der Waals surface area contributed by atoms with Gasteiger partial charge in [-0.3, -0.25) is 4.79 Å². The number of hydrogen-bond acceptors (Lipinski definition) is 5. The zero-order chi connectivity index (χ0) is 24.2. The molecule has 1 fully saturated rings. The number of carbonyl (C=O) groups is 1. The molecule has 3 aromatic heterocycles. The number of nitrogens with one attached hydrogen (secondary N) is 2. The minimum Gasteiger partial charge on any atom is -0.351 e. The first kappa shape index (κ1) is 22.2. The number of fused-ring (bicyclic) bond motifs is 2. The minimum absolute atomic E-state index is 0.137. The molecule has 3 heterocycles. The molecule has 0 atom stereocenters. The summed E-state index contributed by atoms with van der Waals surface area (Å²) in [6.45, 7) is 3.33. The van der Waals surface area contributed by atoms with Gasteiger partial charge in [0, 0.05) is 43.5 Å². The van der Waals surface area contributed by atoms with Crippen molar-refractivity contribution in [1.29, 1.82) is 0 Å². The summed E-state index contributed by atoms with van der Waals surface area (Å²) >= 11 is 0. The molecule has 1 aliphatic carbocycles. The summed E-state index contributed by atoms with van der Waals surface area (Å²) in [6.07, 6.45) is 2.61. The van der Waals surface area contributed by atoms with Gasteiger partial charge in [0.05, 0.1) is 23.0 Å². The Labute approximate surface area is 195 Å². The Kier molecular flexibility index (Phi) is 5.26. The summed E-state index contributed by atoms with van der Waals surface area (Å²) in [5, 5.41) is 4.16. The quantitative estimate of drug-likeness (QED) is 0.443. The van der Waals surface area contributed by atoms with Gasteiger partial charge in [-0.1, -0.05) is 13.0 Å². The Morgan fingerprint density at radius 3 is 2.79 bits per heavy atom. The summed E-state index contributed by atoms with van der Waals surface area (Å²) in [4.78, 5) is 30.6. The maximum atomic E-state index is 13.1. The predicted octanol–water partition coefficient (Wildman–Crippen LogP) is 4.22. The molecule has 0 spiro atoms. The van der Waals surface area contributed by atoms with Crippen LogP contribution in [0.5, 0.6) is 0 Å². The number of rotatable bonds is 6. The molecule has 8 nitrogen and oxygen atoms in total. The largest absolute Gasteiger partial charge is 0.351 e. The van der Waals surface area contributed by atoms with E-state index >= 15 is 0 Å². The van der Waals surface area contributed by atoms with Gasteiger partial charge in [0.2, 0.25) is 11.9 Å². The van der Waals surface area contributed by atoms with Gasteiger partial charge < -0.3 is 19.8 Å². The number of halogens is 2. The predicted molar refractivity (Wildman–Crippen MR) is 127 cm³/mol. The van der Waals surface area contributed by atoms with E-state index in [1.54, 1.807) is 36.7 Å². The molecule has 10 heteroatoms. The van der Waals surface area contributed by atoms with Crippen molar-refractivity contribution in [2.75, 3.05) is 19.4 Å². The molecule has 1 saturated carbocycles. The lowest BCUT2D eigenvalue weighted by molar-refractivity contribution is -0.143. The van der Waals surface area contributed by atoms with Gasteiger partial charge in [-0.05, 0) is 37.5 Å². The van der Waals surface area contributed by atoms with E-state index in [0.29, 0.717) is 28.5 Å². The van der Waals surface area contributed by atoms with Gasteiger partial charge in [-0.25, -0.2) is 18.7 Å². The molecule has 2 N–H and O–H groups in total. The van der Waals surface area contributed by atoms with E-state index in [0.717, 1.165) is 29.4 Å². The number of H-pyrrole nitrogens is 1. The number of imidazole rings is 1. The maximum absolute atomic E-state index is 13.1. The van der Waals surface area contributed by atoms with Gasteiger partial charge in [-0.15, -0.1) is 0 Å². The first-order chi connectivity index (χ1) is 16.1. The van der Waals surface area contributed by atoms with Crippen LogP contribution < -0.4 is 5.32 Å². The lowest BCUT2D eigenvalue weighted by atomic mass is 9.66. The molecule has 1 amide bonds. The SMILES string of the molecule is Cc1nc2ccc(-c3c[nH]c4nc(N[C@H]5C[C@](C)(C(=O)N(C)C)C5)ncc34)cc2n1CC(F)F. The van der Waals surface area contributed by atoms with Crippen LogP contribution in [0.4, 0.5) is 14.7 Å². The number of anilines is 1. The molecule has 0 radical (unpaired) electrons. The van der Waals surface area contributed by atoms with E-state index in [-0.39, 0.29) is 17.4 Å². The summed E-state index contributed by atoms with van der Waals surface area (Å²) < 4.78 is 27.7. The van der Waals surface area contributed by atoms with Crippen molar-refractivity contribution in [3.63, 3.8) is 0 Å². The van der Waals surface area contributed by atoms with E-state index in [4.69, 9.17) is 0 Å². The Bertz CT molecular complexity index is 1390. The van der Waals surface area contributed by atoms with Crippen LogP contribution in [0.25, 0.3) is 33.2 Å². The van der Waals surface area contributed by atoms with Crippen LogP contribution in [0.2, 0.25) is 0 Å². The molecule has 1 aromatic carbocycles. The van der Waals surface area contributed by atoms with Crippen LogP contribution in [-0.2, 0) is 11.3 Å². The average molecular weight is 468 g/mol. The number of aryl methyl sites for hydroxylation is 1. The Morgan fingerprint density at radius 1 is 1.32 bits per heavy atom. The highest BCUT2D eigenvalue weighted by Gasteiger charge is 2.47. The number of carbonyl (C=O) groups excluding carboxylic acids is 1. The second-order valence-electron chi connectivity index (χ2n) is 9.53. The Hall–Kier alpha value is -3.56. The standard InChI is InChI=1S/C24H27F2N7O/c1-13-29-18-6-5-14(7-19(18)33(13)12-20(25)26)16-10-27-21-17(16)11-28-23(31-21)30-15-8-24(2,9-15)22(34)32(3)4/h5-7,10-11,15,20H,8-9,12H2,1-4H3,(H2,27,28,30,31)/t15-,24-. The lowest BCUT2D eigenvalue weighted by Crippen LogP contribution is -2.52. The van der Waals surface area contributed by atoms with Crippen molar-refractivity contribution in [2.45, 2.75) is 45.7 Å². The van der Waals surface area contributed by atoms with Crippen LogP contribution in [0.1, 0.15) is 25.6 Å². The van der Waals surface area contributed by atoms with Gasteiger partial charge in [0.1, 0.15) is 11.5 Å². The van der Waals surface area contributed by atoms with Crippen molar-refractivity contribution in [2.24, 2.45) is 5.41 Å². The molecular weight excluding hydrogens is 440 g/mol. The fourth-order valence-electron chi connectivity index (χ4n) is 5.02.